The molecule has 0 bridgehead atoms. The standard InChI is InChI=1S/C9H8N2O3/c12-7-4-6-2-1-3-10-9(6)11(7)5-8(13)14/h1-3H,4-5H2,(H,13,14). The molecule has 0 atom stereocenters. The summed E-state index contributed by atoms with van der Waals surface area (Å²) < 4.78 is 0. The largest absolute Gasteiger partial charge is 0.480 e. The first kappa shape index (κ1) is 8.68. The zero-order chi connectivity index (χ0) is 10.1. The molecule has 0 saturated carbocycles. The van der Waals surface area contributed by atoms with Crippen LogP contribution in [-0.4, -0.2) is 28.5 Å². The van der Waals surface area contributed by atoms with E-state index in [-0.39, 0.29) is 18.9 Å². The van der Waals surface area contributed by atoms with E-state index in [1.54, 1.807) is 18.3 Å². The van der Waals surface area contributed by atoms with Gasteiger partial charge in [-0.2, -0.15) is 0 Å². The number of fused-ring (bicyclic) bond motifs is 1. The topological polar surface area (TPSA) is 70.5 Å². The normalized spacial score (nSPS) is 14.3. The van der Waals surface area contributed by atoms with Gasteiger partial charge in [0, 0.05) is 11.8 Å². The summed E-state index contributed by atoms with van der Waals surface area (Å²) in [5, 5.41) is 8.60. The van der Waals surface area contributed by atoms with Crippen molar-refractivity contribution in [3.63, 3.8) is 0 Å². The Morgan fingerprint density at radius 3 is 3.14 bits per heavy atom. The zero-order valence-corrected chi connectivity index (χ0v) is 7.30. The van der Waals surface area contributed by atoms with Crippen LogP contribution in [0.3, 0.4) is 0 Å². The fraction of sp³-hybridized carbons (Fsp3) is 0.222. The van der Waals surface area contributed by atoms with Crippen LogP contribution in [0.25, 0.3) is 0 Å². The summed E-state index contributed by atoms with van der Waals surface area (Å²) in [6.07, 6.45) is 1.79. The van der Waals surface area contributed by atoms with E-state index < -0.39 is 5.97 Å². The maximum Gasteiger partial charge on any atom is 0.323 e. The van der Waals surface area contributed by atoms with Gasteiger partial charge in [-0.1, -0.05) is 6.07 Å². The number of amides is 1. The van der Waals surface area contributed by atoms with E-state index in [0.717, 1.165) is 5.56 Å². The summed E-state index contributed by atoms with van der Waals surface area (Å²) in [5.41, 5.74) is 0.791. The summed E-state index contributed by atoms with van der Waals surface area (Å²) >= 11 is 0. The highest BCUT2D eigenvalue weighted by Crippen LogP contribution is 2.25. The summed E-state index contributed by atoms with van der Waals surface area (Å²) in [5.74, 6) is -0.766. The van der Waals surface area contributed by atoms with Crippen LogP contribution in [0, 0.1) is 0 Å². The van der Waals surface area contributed by atoms with Crippen LogP contribution < -0.4 is 4.90 Å². The Kier molecular flexibility index (Phi) is 1.92. The molecule has 2 heterocycles. The maximum atomic E-state index is 11.4. The number of carbonyl (C=O) groups is 2. The van der Waals surface area contributed by atoms with Gasteiger partial charge in [-0.25, -0.2) is 4.98 Å². The van der Waals surface area contributed by atoms with Gasteiger partial charge in [-0.15, -0.1) is 0 Å². The molecule has 2 rings (SSSR count). The Labute approximate surface area is 80.0 Å². The second kappa shape index (κ2) is 3.10. The van der Waals surface area contributed by atoms with E-state index in [4.69, 9.17) is 5.11 Å². The maximum absolute atomic E-state index is 11.4. The molecule has 1 aliphatic rings. The molecular weight excluding hydrogens is 184 g/mol. The molecule has 1 aromatic rings. The Morgan fingerprint density at radius 1 is 1.64 bits per heavy atom. The molecule has 0 radical (unpaired) electrons. The number of hydrogen-bond acceptors (Lipinski definition) is 3. The van der Waals surface area contributed by atoms with Crippen molar-refractivity contribution in [2.75, 3.05) is 11.4 Å². The van der Waals surface area contributed by atoms with Crippen LogP contribution in [0.2, 0.25) is 0 Å². The molecule has 1 N–H and O–H groups in total. The quantitative estimate of drug-likeness (QED) is 0.719. The molecule has 0 aliphatic carbocycles. The number of carbonyl (C=O) groups excluding carboxylic acids is 1. The fourth-order valence-corrected chi connectivity index (χ4v) is 1.49. The number of pyridine rings is 1. The van der Waals surface area contributed by atoms with Gasteiger partial charge in [0.2, 0.25) is 5.91 Å². The minimum absolute atomic E-state index is 0.207. The second-order valence-electron chi connectivity index (χ2n) is 3.04. The highest BCUT2D eigenvalue weighted by atomic mass is 16.4. The van der Waals surface area contributed by atoms with E-state index in [9.17, 15) is 9.59 Å². The van der Waals surface area contributed by atoms with Crippen LogP contribution >= 0.6 is 0 Å². The van der Waals surface area contributed by atoms with Crippen LogP contribution in [0.4, 0.5) is 5.82 Å². The number of carboxylic acids is 1. The molecule has 0 aromatic carbocycles. The van der Waals surface area contributed by atoms with Gasteiger partial charge in [0.05, 0.1) is 6.42 Å². The lowest BCUT2D eigenvalue weighted by Crippen LogP contribution is -2.32. The first-order chi connectivity index (χ1) is 6.68. The van der Waals surface area contributed by atoms with E-state index >= 15 is 0 Å². The molecule has 5 heteroatoms. The van der Waals surface area contributed by atoms with E-state index in [1.165, 1.54) is 4.90 Å². The van der Waals surface area contributed by atoms with Crippen molar-refractivity contribution in [2.45, 2.75) is 6.42 Å². The van der Waals surface area contributed by atoms with Crippen molar-refractivity contribution in [3.8, 4) is 0 Å². The predicted molar refractivity (Wildman–Crippen MR) is 47.9 cm³/mol. The smallest absolute Gasteiger partial charge is 0.323 e. The number of nitrogens with zero attached hydrogens (tertiary/aromatic N) is 2. The lowest BCUT2D eigenvalue weighted by Gasteiger charge is -2.12. The number of rotatable bonds is 2. The molecule has 72 valence electrons. The number of anilines is 1. The van der Waals surface area contributed by atoms with Crippen LogP contribution in [0.1, 0.15) is 5.56 Å². The third kappa shape index (κ3) is 1.32. The average Bonchev–Trinajstić information content (AvgIpc) is 2.43. The number of hydrogen-bond donors (Lipinski definition) is 1. The number of aromatic nitrogens is 1. The van der Waals surface area contributed by atoms with Gasteiger partial charge in [0.1, 0.15) is 12.4 Å². The molecule has 5 nitrogen and oxygen atoms in total. The first-order valence-corrected chi connectivity index (χ1v) is 4.14. The van der Waals surface area contributed by atoms with Crippen molar-refractivity contribution >= 4 is 17.7 Å². The zero-order valence-electron chi connectivity index (χ0n) is 7.30. The second-order valence-corrected chi connectivity index (χ2v) is 3.04. The van der Waals surface area contributed by atoms with Crippen molar-refractivity contribution in [2.24, 2.45) is 0 Å². The number of carboxylic acid groups (broad SMARTS) is 1. The third-order valence-electron chi connectivity index (χ3n) is 2.06. The Balaban J connectivity index is 2.34. The molecule has 0 unspecified atom stereocenters. The molecule has 14 heavy (non-hydrogen) atoms. The molecule has 1 aromatic heterocycles. The van der Waals surface area contributed by atoms with Gasteiger partial charge < -0.3 is 5.11 Å². The van der Waals surface area contributed by atoms with E-state index in [1.807, 2.05) is 0 Å². The van der Waals surface area contributed by atoms with E-state index in [0.29, 0.717) is 5.82 Å². The Morgan fingerprint density at radius 2 is 2.43 bits per heavy atom. The summed E-state index contributed by atoms with van der Waals surface area (Å²) in [6, 6.07) is 3.51. The van der Waals surface area contributed by atoms with Crippen LogP contribution in [0.15, 0.2) is 18.3 Å². The average molecular weight is 192 g/mol. The first-order valence-electron chi connectivity index (χ1n) is 4.14. The Bertz CT molecular complexity index is 403. The summed E-state index contributed by atoms with van der Waals surface area (Å²) in [7, 11) is 0. The highest BCUT2D eigenvalue weighted by Gasteiger charge is 2.29. The molecule has 0 spiro atoms. The van der Waals surface area contributed by atoms with Gasteiger partial charge in [-0.3, -0.25) is 14.5 Å². The third-order valence-corrected chi connectivity index (χ3v) is 2.06. The van der Waals surface area contributed by atoms with Gasteiger partial charge in [0.25, 0.3) is 0 Å². The highest BCUT2D eigenvalue weighted by molar-refractivity contribution is 6.03. The van der Waals surface area contributed by atoms with Crippen molar-refractivity contribution < 1.29 is 14.7 Å². The fourth-order valence-electron chi connectivity index (χ4n) is 1.49. The predicted octanol–water partition coefficient (Wildman–Crippen LogP) is 0.0553. The minimum atomic E-state index is -1.03. The molecule has 0 fully saturated rings. The van der Waals surface area contributed by atoms with Gasteiger partial charge >= 0.3 is 5.97 Å². The van der Waals surface area contributed by atoms with Crippen LogP contribution in [-0.2, 0) is 16.0 Å². The molecule has 1 amide bonds. The van der Waals surface area contributed by atoms with Gasteiger partial charge in [0.15, 0.2) is 0 Å². The van der Waals surface area contributed by atoms with Crippen LogP contribution in [0.5, 0.6) is 0 Å². The van der Waals surface area contributed by atoms with Crippen molar-refractivity contribution in [1.82, 2.24) is 4.98 Å². The monoisotopic (exact) mass is 192 g/mol. The van der Waals surface area contributed by atoms with Gasteiger partial charge in [-0.05, 0) is 6.07 Å². The summed E-state index contributed by atoms with van der Waals surface area (Å²) in [6.45, 7) is -0.317. The lowest BCUT2D eigenvalue weighted by atomic mass is 10.2. The minimum Gasteiger partial charge on any atom is -0.480 e. The Hall–Kier alpha value is -1.91. The van der Waals surface area contributed by atoms with E-state index in [2.05, 4.69) is 4.98 Å². The SMILES string of the molecule is O=C(O)CN1C(=O)Cc2cccnc21. The lowest BCUT2D eigenvalue weighted by molar-refractivity contribution is -0.136. The molecule has 0 saturated heterocycles. The molecular formula is C9H8N2O3. The van der Waals surface area contributed by atoms with Crippen molar-refractivity contribution in [1.29, 1.82) is 0 Å². The van der Waals surface area contributed by atoms with Crippen molar-refractivity contribution in [3.05, 3.63) is 23.9 Å². The summed E-state index contributed by atoms with van der Waals surface area (Å²) in [4.78, 5) is 27.1. The number of aliphatic carboxylic acids is 1. The molecule has 1 aliphatic heterocycles.